The highest BCUT2D eigenvalue weighted by Gasteiger charge is 2.15. The molecule has 0 spiro atoms. The second kappa shape index (κ2) is 15.0. The molecule has 6 rings (SSSR count). The lowest BCUT2D eigenvalue weighted by atomic mass is 10.1. The van der Waals surface area contributed by atoms with E-state index < -0.39 is 17.3 Å². The van der Waals surface area contributed by atoms with Crippen molar-refractivity contribution in [2.24, 2.45) is 14.1 Å². The number of rotatable bonds is 13. The molecule has 17 nitrogen and oxygen atoms in total. The molecule has 0 radical (unpaired) electrons. The van der Waals surface area contributed by atoms with Gasteiger partial charge in [-0.1, -0.05) is 30.7 Å². The Labute approximate surface area is 290 Å². The number of aryl methyl sites for hydroxylation is 2. The predicted octanol–water partition coefficient (Wildman–Crippen LogP) is 2.42. The van der Waals surface area contributed by atoms with E-state index in [2.05, 4.69) is 40.5 Å². The predicted molar refractivity (Wildman–Crippen MR) is 188 cm³/mol. The Kier molecular flexibility index (Phi) is 10.2. The topological polar surface area (TPSA) is 227 Å². The zero-order valence-corrected chi connectivity index (χ0v) is 28.4. The number of alkyl carbamates (subject to hydrolysis) is 1. The minimum Gasteiger partial charge on any atom is -0.471 e. The maximum absolute atomic E-state index is 12.6. The number of aromatic nitrogens is 8. The van der Waals surface area contributed by atoms with Gasteiger partial charge >= 0.3 is 11.8 Å². The van der Waals surface area contributed by atoms with Crippen LogP contribution in [0, 0.1) is 6.92 Å². The maximum Gasteiger partial charge on any atom is 0.407 e. The van der Waals surface area contributed by atoms with Crippen LogP contribution in [0.5, 0.6) is 5.88 Å². The van der Waals surface area contributed by atoms with E-state index in [1.165, 1.54) is 25.0 Å². The summed E-state index contributed by atoms with van der Waals surface area (Å²) in [4.78, 5) is 73.7. The molecule has 0 aliphatic heterocycles. The van der Waals surface area contributed by atoms with E-state index in [-0.39, 0.29) is 36.2 Å². The van der Waals surface area contributed by atoms with E-state index in [0.29, 0.717) is 60.4 Å². The number of nitrogens with one attached hydrogen (secondary N) is 3. The van der Waals surface area contributed by atoms with Crippen LogP contribution >= 0.6 is 0 Å². The number of unbranched alkanes of at least 4 members (excludes halogenated alkanes) is 2. The summed E-state index contributed by atoms with van der Waals surface area (Å²) in [6, 6.07) is 11.2. The summed E-state index contributed by atoms with van der Waals surface area (Å²) in [6.45, 7) is 2.95. The third-order valence-electron chi connectivity index (χ3n) is 8.37. The number of benzene rings is 2. The van der Waals surface area contributed by atoms with E-state index in [0.717, 1.165) is 33.2 Å². The number of nitrogen functional groups attached to an aromatic ring is 1. The van der Waals surface area contributed by atoms with Crippen molar-refractivity contribution >= 4 is 51.3 Å². The first kappa shape index (κ1) is 34.5. The number of imidazole rings is 1. The Bertz CT molecular complexity index is 2370. The van der Waals surface area contributed by atoms with Gasteiger partial charge in [-0.2, -0.15) is 9.97 Å². The summed E-state index contributed by atoms with van der Waals surface area (Å²) in [5.74, 6) is 0.360. The molecule has 264 valence electrons. The van der Waals surface area contributed by atoms with Crippen LogP contribution < -0.4 is 32.4 Å². The van der Waals surface area contributed by atoms with E-state index in [1.54, 1.807) is 12.1 Å². The van der Waals surface area contributed by atoms with Crippen LogP contribution in [0.2, 0.25) is 0 Å². The van der Waals surface area contributed by atoms with Crippen LogP contribution in [0.3, 0.4) is 0 Å². The number of nitrogens with two attached hydrogens (primary N) is 1. The fourth-order valence-electron chi connectivity index (χ4n) is 5.43. The molecule has 2 aromatic carbocycles. The molecule has 51 heavy (non-hydrogen) atoms. The lowest BCUT2D eigenvalue weighted by Crippen LogP contribution is -2.37. The quantitative estimate of drug-likeness (QED) is 0.101. The summed E-state index contributed by atoms with van der Waals surface area (Å²) in [6.07, 6.45) is 3.45. The number of nitrogens with zero attached hydrogens (tertiary/aromatic N) is 7. The van der Waals surface area contributed by atoms with Crippen molar-refractivity contribution in [1.29, 1.82) is 0 Å². The summed E-state index contributed by atoms with van der Waals surface area (Å²) < 4.78 is 13.5. The molecule has 0 atom stereocenters. The molecule has 5 N–H and O–H groups in total. The monoisotopic (exact) mass is 695 g/mol. The van der Waals surface area contributed by atoms with Crippen LogP contribution in [0.4, 0.5) is 10.7 Å². The molecular formula is C34H37N11O6. The van der Waals surface area contributed by atoms with Gasteiger partial charge in [-0.3, -0.25) is 18.7 Å². The number of aromatic amines is 1. The van der Waals surface area contributed by atoms with Crippen molar-refractivity contribution in [3.05, 3.63) is 85.8 Å². The van der Waals surface area contributed by atoms with Crippen molar-refractivity contribution in [3.63, 3.8) is 0 Å². The van der Waals surface area contributed by atoms with Crippen molar-refractivity contribution in [2.75, 3.05) is 12.3 Å². The molecule has 0 bridgehead atoms. The molecule has 4 heterocycles. The van der Waals surface area contributed by atoms with Crippen LogP contribution in [-0.4, -0.2) is 57.6 Å². The molecule has 0 aliphatic carbocycles. The van der Waals surface area contributed by atoms with Crippen molar-refractivity contribution in [3.8, 4) is 5.88 Å². The molecule has 4 aromatic heterocycles. The third-order valence-corrected chi connectivity index (χ3v) is 8.37. The first-order valence-electron chi connectivity index (χ1n) is 16.3. The minimum atomic E-state index is -0.561. The van der Waals surface area contributed by atoms with Gasteiger partial charge in [-0.25, -0.2) is 24.5 Å². The van der Waals surface area contributed by atoms with Gasteiger partial charge in [0, 0.05) is 33.6 Å². The van der Waals surface area contributed by atoms with E-state index in [1.807, 2.05) is 31.2 Å². The fraction of sp³-hybridized carbons (Fsp3) is 0.324. The average molecular weight is 696 g/mol. The van der Waals surface area contributed by atoms with E-state index >= 15 is 0 Å². The molecule has 17 heteroatoms. The largest absolute Gasteiger partial charge is 0.471 e. The number of carbonyl (C=O) groups excluding carboxylic acids is 2. The number of H-pyrrole nitrogens is 1. The van der Waals surface area contributed by atoms with Crippen LogP contribution in [-0.2, 0) is 43.4 Å². The molecule has 0 saturated heterocycles. The molecule has 0 fully saturated rings. The third kappa shape index (κ3) is 7.92. The summed E-state index contributed by atoms with van der Waals surface area (Å²) in [5.41, 5.74) is 10.4. The maximum atomic E-state index is 12.6. The van der Waals surface area contributed by atoms with Gasteiger partial charge < -0.3 is 30.8 Å². The van der Waals surface area contributed by atoms with Gasteiger partial charge in [0.05, 0.1) is 17.4 Å². The van der Waals surface area contributed by atoms with Gasteiger partial charge in [0.25, 0.3) is 5.56 Å². The van der Waals surface area contributed by atoms with Crippen molar-refractivity contribution in [1.82, 2.24) is 49.7 Å². The molecule has 0 aliphatic rings. The van der Waals surface area contributed by atoms with Gasteiger partial charge in [-0.05, 0) is 54.2 Å². The molecule has 6 aromatic rings. The second-order valence-corrected chi connectivity index (χ2v) is 12.1. The van der Waals surface area contributed by atoms with Gasteiger partial charge in [0.2, 0.25) is 17.7 Å². The first-order chi connectivity index (χ1) is 24.6. The number of hydrogen-bond acceptors (Lipinski definition) is 12. The number of amides is 2. The Morgan fingerprint density at radius 3 is 2.47 bits per heavy atom. The van der Waals surface area contributed by atoms with Crippen LogP contribution in [0.15, 0.2) is 52.3 Å². The zero-order chi connectivity index (χ0) is 36.1. The summed E-state index contributed by atoms with van der Waals surface area (Å²) in [7, 11) is 2.93. The highest BCUT2D eigenvalue weighted by Crippen LogP contribution is 2.22. The Hall–Kier alpha value is -6.39. The minimum absolute atomic E-state index is 0.00722. The Morgan fingerprint density at radius 1 is 0.902 bits per heavy atom. The Balaban J connectivity index is 0.874. The highest BCUT2D eigenvalue weighted by molar-refractivity contribution is 5.85. The highest BCUT2D eigenvalue weighted by atomic mass is 16.5. The fourth-order valence-corrected chi connectivity index (χ4v) is 5.43. The zero-order valence-electron chi connectivity index (χ0n) is 28.4. The molecule has 0 saturated carbocycles. The lowest BCUT2D eigenvalue weighted by Gasteiger charge is -2.11. The van der Waals surface area contributed by atoms with Gasteiger partial charge in [0.15, 0.2) is 16.8 Å². The summed E-state index contributed by atoms with van der Waals surface area (Å²) >= 11 is 0. The van der Waals surface area contributed by atoms with E-state index in [4.69, 9.17) is 15.2 Å². The first-order valence-corrected chi connectivity index (χ1v) is 16.3. The second-order valence-electron chi connectivity index (χ2n) is 12.1. The standard InChI is InChI=1S/C34H37N11O6/c1-19-13-23-24(41-29-27(40-23)31(47)45(3)34(49)44(29)2)14-22(19)17-51-33(48)36-12-6-4-5-7-25(46)37-15-20-8-10-21(11-9-20)16-50-30-26-28(39-18-38-26)42-32(35)43-30/h8-11,13-14,18H,4-7,12,15-17H2,1-3H3,(H,36,48)(H,37,46)(H3,35,38,39,42,43). The normalized spacial score (nSPS) is 11.3. The Morgan fingerprint density at radius 2 is 1.67 bits per heavy atom. The number of anilines is 1. The van der Waals surface area contributed by atoms with Gasteiger partial charge in [0.1, 0.15) is 18.7 Å². The van der Waals surface area contributed by atoms with Crippen LogP contribution in [0.25, 0.3) is 33.4 Å². The van der Waals surface area contributed by atoms with Crippen molar-refractivity contribution < 1.29 is 19.1 Å². The number of hydrogen-bond donors (Lipinski definition) is 4. The number of ether oxygens (including phenoxy) is 2. The smallest absolute Gasteiger partial charge is 0.407 e. The molecule has 0 unspecified atom stereocenters. The SMILES string of the molecule is Cc1cc2nc3c(=O)n(C)c(=O)n(C)c3nc2cc1COC(=O)NCCCCCC(=O)NCc1ccc(COc2nc(N)nc3nc[nH]c23)cc1. The average Bonchev–Trinajstić information content (AvgIpc) is 3.60. The molecule has 2 amide bonds. The van der Waals surface area contributed by atoms with Gasteiger partial charge in [-0.15, -0.1) is 0 Å². The lowest BCUT2D eigenvalue weighted by molar-refractivity contribution is -0.121. The summed E-state index contributed by atoms with van der Waals surface area (Å²) in [5, 5.41) is 5.67. The van der Waals surface area contributed by atoms with E-state index in [9.17, 15) is 19.2 Å². The number of carbonyl (C=O) groups is 2. The van der Waals surface area contributed by atoms with Crippen molar-refractivity contribution in [2.45, 2.75) is 52.4 Å². The molecular weight excluding hydrogens is 658 g/mol. The number of fused-ring (bicyclic) bond motifs is 3. The van der Waals surface area contributed by atoms with Crippen LogP contribution in [0.1, 0.15) is 47.9 Å².